The number of methoxy groups -OCH3 is 2. The number of halogens is 1. The molecule has 0 unspecified atom stereocenters. The van der Waals surface area contributed by atoms with Crippen molar-refractivity contribution in [2.45, 2.75) is 39.5 Å². The van der Waals surface area contributed by atoms with Gasteiger partial charge in [0.15, 0.2) is 16.3 Å². The van der Waals surface area contributed by atoms with Crippen LogP contribution in [-0.2, 0) is 16.1 Å². The van der Waals surface area contributed by atoms with Crippen molar-refractivity contribution in [2.75, 3.05) is 14.2 Å². The van der Waals surface area contributed by atoms with Gasteiger partial charge in [-0.25, -0.2) is 9.79 Å². The van der Waals surface area contributed by atoms with Crippen molar-refractivity contribution >= 4 is 39.3 Å². The summed E-state index contributed by atoms with van der Waals surface area (Å²) in [6.45, 7) is 5.72. The third-order valence-electron chi connectivity index (χ3n) is 6.79. The smallest absolute Gasteiger partial charge is 0.338 e. The van der Waals surface area contributed by atoms with E-state index in [1.807, 2.05) is 60.7 Å². The molecule has 43 heavy (non-hydrogen) atoms. The molecule has 0 bridgehead atoms. The lowest BCUT2D eigenvalue weighted by atomic mass is 9.95. The first-order chi connectivity index (χ1) is 20.7. The Kier molecular flexibility index (Phi) is 9.17. The van der Waals surface area contributed by atoms with Crippen LogP contribution in [-0.4, -0.2) is 30.9 Å². The topological polar surface area (TPSA) is 88.4 Å². The minimum Gasteiger partial charge on any atom is -0.496 e. The highest BCUT2D eigenvalue weighted by Crippen LogP contribution is 2.37. The van der Waals surface area contributed by atoms with Gasteiger partial charge in [-0.15, -0.1) is 0 Å². The van der Waals surface area contributed by atoms with E-state index in [1.165, 1.54) is 11.3 Å². The maximum atomic E-state index is 14.1. The lowest BCUT2D eigenvalue weighted by Gasteiger charge is -2.26. The molecule has 0 spiro atoms. The standard InChI is InChI=1S/C33H31BrN2O6S/c1-19(2)42-32(38)29-20(3)35-33-36(30(29)24-17-23(34)12-14-25(24)39-4)31(37)28(43-33)16-22-11-13-26(27(15-22)40-5)41-18-21-9-7-6-8-10-21/h6-17,19,30H,18H2,1-5H3/b28-16-/t30-/m1/s1. The van der Waals surface area contributed by atoms with Crippen LogP contribution in [0.3, 0.4) is 0 Å². The van der Waals surface area contributed by atoms with E-state index in [-0.39, 0.29) is 17.2 Å². The second kappa shape index (κ2) is 13.0. The summed E-state index contributed by atoms with van der Waals surface area (Å²) in [5, 5.41) is 0. The third kappa shape index (κ3) is 6.45. The van der Waals surface area contributed by atoms with Gasteiger partial charge in [0.2, 0.25) is 0 Å². The van der Waals surface area contributed by atoms with Crippen molar-refractivity contribution in [3.63, 3.8) is 0 Å². The van der Waals surface area contributed by atoms with Crippen LogP contribution in [0.25, 0.3) is 6.08 Å². The van der Waals surface area contributed by atoms with Crippen LogP contribution < -0.4 is 29.1 Å². The average molecular weight is 664 g/mol. The van der Waals surface area contributed by atoms with Crippen LogP contribution in [0.2, 0.25) is 0 Å². The summed E-state index contributed by atoms with van der Waals surface area (Å²) in [7, 11) is 3.13. The molecule has 10 heteroatoms. The van der Waals surface area contributed by atoms with E-state index in [0.29, 0.717) is 44.4 Å². The zero-order valence-corrected chi connectivity index (χ0v) is 26.8. The molecule has 1 aliphatic heterocycles. The summed E-state index contributed by atoms with van der Waals surface area (Å²) in [6, 6.07) is 20.1. The van der Waals surface area contributed by atoms with Gasteiger partial charge in [-0.1, -0.05) is 63.7 Å². The number of carbonyl (C=O) groups is 1. The molecule has 4 aromatic rings. The van der Waals surface area contributed by atoms with Gasteiger partial charge in [-0.3, -0.25) is 9.36 Å². The summed E-state index contributed by atoms with van der Waals surface area (Å²) in [4.78, 5) is 32.6. The van der Waals surface area contributed by atoms with Gasteiger partial charge in [0.05, 0.1) is 36.1 Å². The molecular weight excluding hydrogens is 632 g/mol. The second-order valence-corrected chi connectivity index (χ2v) is 12.0. The van der Waals surface area contributed by atoms with Gasteiger partial charge in [-0.05, 0) is 68.3 Å². The highest BCUT2D eigenvalue weighted by atomic mass is 79.9. The van der Waals surface area contributed by atoms with Gasteiger partial charge in [0, 0.05) is 10.0 Å². The zero-order chi connectivity index (χ0) is 30.7. The van der Waals surface area contributed by atoms with Crippen molar-refractivity contribution in [3.05, 3.63) is 119 Å². The molecule has 222 valence electrons. The van der Waals surface area contributed by atoms with Gasteiger partial charge >= 0.3 is 5.97 Å². The highest BCUT2D eigenvalue weighted by Gasteiger charge is 2.35. The number of thiazole rings is 1. The van der Waals surface area contributed by atoms with E-state index in [4.69, 9.17) is 18.9 Å². The molecule has 8 nitrogen and oxygen atoms in total. The predicted octanol–water partition coefficient (Wildman–Crippen LogP) is 5.55. The highest BCUT2D eigenvalue weighted by molar-refractivity contribution is 9.10. The molecule has 1 atom stereocenters. The Balaban J connectivity index is 1.60. The lowest BCUT2D eigenvalue weighted by molar-refractivity contribution is -0.143. The Morgan fingerprint density at radius 2 is 1.74 bits per heavy atom. The van der Waals surface area contributed by atoms with Crippen LogP contribution in [0.1, 0.15) is 43.5 Å². The summed E-state index contributed by atoms with van der Waals surface area (Å²) in [5.74, 6) is 1.14. The Morgan fingerprint density at radius 1 is 1.02 bits per heavy atom. The molecule has 0 saturated carbocycles. The fourth-order valence-electron chi connectivity index (χ4n) is 4.85. The molecule has 0 saturated heterocycles. The number of ether oxygens (including phenoxy) is 4. The van der Waals surface area contributed by atoms with Crippen molar-refractivity contribution < 1.29 is 23.7 Å². The van der Waals surface area contributed by atoms with Crippen LogP contribution in [0, 0.1) is 0 Å². The van der Waals surface area contributed by atoms with E-state index in [0.717, 1.165) is 15.6 Å². The number of benzene rings is 3. The minimum absolute atomic E-state index is 0.283. The molecular formula is C33H31BrN2O6S. The first kappa shape index (κ1) is 30.3. The summed E-state index contributed by atoms with van der Waals surface area (Å²) in [5.41, 5.74) is 2.90. The summed E-state index contributed by atoms with van der Waals surface area (Å²) < 4.78 is 25.6. The zero-order valence-electron chi connectivity index (χ0n) is 24.4. The van der Waals surface area contributed by atoms with Crippen molar-refractivity contribution in [3.8, 4) is 17.2 Å². The number of esters is 1. The maximum absolute atomic E-state index is 14.1. The number of carbonyl (C=O) groups excluding carboxylic acids is 1. The normalized spacial score (nSPS) is 14.8. The van der Waals surface area contributed by atoms with Gasteiger partial charge in [0.25, 0.3) is 5.56 Å². The quantitative estimate of drug-likeness (QED) is 0.219. The molecule has 0 fully saturated rings. The number of rotatable bonds is 9. The molecule has 5 rings (SSSR count). The third-order valence-corrected chi connectivity index (χ3v) is 8.27. The lowest BCUT2D eigenvalue weighted by Crippen LogP contribution is -2.40. The number of fused-ring (bicyclic) bond motifs is 1. The largest absolute Gasteiger partial charge is 0.496 e. The predicted molar refractivity (Wildman–Crippen MR) is 169 cm³/mol. The van der Waals surface area contributed by atoms with E-state index >= 15 is 0 Å². The molecule has 1 aliphatic rings. The van der Waals surface area contributed by atoms with Gasteiger partial charge in [0.1, 0.15) is 18.4 Å². The number of aromatic nitrogens is 1. The Hall–Kier alpha value is -4.15. The van der Waals surface area contributed by atoms with E-state index in [2.05, 4.69) is 20.9 Å². The SMILES string of the molecule is COc1cc(/C=c2\sc3n(c2=O)[C@H](c2cc(Br)ccc2OC)C(C(=O)OC(C)C)=C(C)N=3)ccc1OCc1ccccc1. The molecule has 2 heterocycles. The van der Waals surface area contributed by atoms with Gasteiger partial charge in [-0.2, -0.15) is 0 Å². The molecule has 0 aliphatic carbocycles. The van der Waals surface area contributed by atoms with Crippen molar-refractivity contribution in [2.24, 2.45) is 4.99 Å². The summed E-state index contributed by atoms with van der Waals surface area (Å²) >= 11 is 4.78. The Morgan fingerprint density at radius 3 is 2.44 bits per heavy atom. The maximum Gasteiger partial charge on any atom is 0.338 e. The fourth-order valence-corrected chi connectivity index (χ4v) is 6.28. The Bertz CT molecular complexity index is 1880. The van der Waals surface area contributed by atoms with Crippen LogP contribution in [0.4, 0.5) is 0 Å². The molecule has 1 aromatic heterocycles. The molecule has 0 N–H and O–H groups in total. The minimum atomic E-state index is -0.805. The van der Waals surface area contributed by atoms with E-state index in [1.54, 1.807) is 51.7 Å². The summed E-state index contributed by atoms with van der Waals surface area (Å²) in [6.07, 6.45) is 1.44. The molecule has 3 aromatic carbocycles. The van der Waals surface area contributed by atoms with Gasteiger partial charge < -0.3 is 18.9 Å². The van der Waals surface area contributed by atoms with Crippen molar-refractivity contribution in [1.29, 1.82) is 0 Å². The molecule has 0 radical (unpaired) electrons. The van der Waals surface area contributed by atoms with Crippen LogP contribution in [0.5, 0.6) is 17.2 Å². The van der Waals surface area contributed by atoms with E-state index < -0.39 is 12.0 Å². The van der Waals surface area contributed by atoms with Crippen molar-refractivity contribution in [1.82, 2.24) is 4.57 Å². The first-order valence-corrected chi connectivity index (χ1v) is 15.2. The van der Waals surface area contributed by atoms with Crippen LogP contribution >= 0.6 is 27.3 Å². The number of nitrogens with zero attached hydrogens (tertiary/aromatic N) is 2. The van der Waals surface area contributed by atoms with E-state index in [9.17, 15) is 9.59 Å². The number of allylic oxidation sites excluding steroid dienone is 1. The Labute approximate surface area is 261 Å². The monoisotopic (exact) mass is 662 g/mol. The fraction of sp³-hybridized carbons (Fsp3) is 0.242. The first-order valence-electron chi connectivity index (χ1n) is 13.6. The molecule has 0 amide bonds. The average Bonchev–Trinajstić information content (AvgIpc) is 3.29. The number of hydrogen-bond acceptors (Lipinski definition) is 8. The number of hydrogen-bond donors (Lipinski definition) is 0. The van der Waals surface area contributed by atoms with Crippen LogP contribution in [0.15, 0.2) is 92.3 Å². The second-order valence-electron chi connectivity index (χ2n) is 10.1.